The molecule has 10 heavy (non-hydrogen) atoms. The fraction of sp³-hybridized carbons (Fsp3) is 0.778. The number of hydrogen-bond donors (Lipinski definition) is 1. The van der Waals surface area contributed by atoms with Gasteiger partial charge >= 0.3 is 0 Å². The molecule has 2 N–H and O–H groups in total. The van der Waals surface area contributed by atoms with Gasteiger partial charge in [-0.2, -0.15) is 0 Å². The van der Waals surface area contributed by atoms with Gasteiger partial charge in [0.15, 0.2) is 0 Å². The summed E-state index contributed by atoms with van der Waals surface area (Å²) in [5, 5.41) is 0. The first-order valence-corrected chi connectivity index (χ1v) is 4.21. The quantitative estimate of drug-likeness (QED) is 0.582. The van der Waals surface area contributed by atoms with Gasteiger partial charge in [-0.05, 0) is 25.2 Å². The van der Waals surface area contributed by atoms with Crippen LogP contribution in [0.5, 0.6) is 0 Å². The summed E-state index contributed by atoms with van der Waals surface area (Å²) in [5.41, 5.74) is 5.92. The van der Waals surface area contributed by atoms with Crippen LogP contribution in [0, 0.1) is 5.92 Å². The van der Waals surface area contributed by atoms with Crippen LogP contribution in [-0.4, -0.2) is 6.04 Å². The highest BCUT2D eigenvalue weighted by atomic mass is 14.7. The fourth-order valence-electron chi connectivity index (χ4n) is 1.74. The van der Waals surface area contributed by atoms with E-state index < -0.39 is 0 Å². The summed E-state index contributed by atoms with van der Waals surface area (Å²) in [6, 6.07) is 0.451. The Morgan fingerprint density at radius 1 is 1.40 bits per heavy atom. The number of nitrogens with two attached hydrogens (primary N) is 1. The Kier molecular flexibility index (Phi) is 2.94. The molecule has 0 radical (unpaired) electrons. The summed E-state index contributed by atoms with van der Waals surface area (Å²) in [6.07, 6.45) is 8.34. The van der Waals surface area contributed by atoms with Gasteiger partial charge in [0.25, 0.3) is 0 Å². The van der Waals surface area contributed by atoms with Crippen LogP contribution in [0.15, 0.2) is 12.7 Å². The second kappa shape index (κ2) is 3.77. The first-order valence-electron chi connectivity index (χ1n) is 4.21. The maximum atomic E-state index is 5.92. The molecule has 0 amide bonds. The molecule has 1 heteroatoms. The van der Waals surface area contributed by atoms with Gasteiger partial charge in [0.05, 0.1) is 0 Å². The predicted molar refractivity (Wildman–Crippen MR) is 44.7 cm³/mol. The van der Waals surface area contributed by atoms with Crippen molar-refractivity contribution in [1.29, 1.82) is 0 Å². The van der Waals surface area contributed by atoms with E-state index in [9.17, 15) is 0 Å². The summed E-state index contributed by atoms with van der Waals surface area (Å²) >= 11 is 0. The molecule has 0 heterocycles. The highest BCUT2D eigenvalue weighted by Gasteiger charge is 2.19. The molecule has 0 bridgehead atoms. The maximum Gasteiger partial charge on any atom is 0.00701 e. The molecule has 0 spiro atoms. The molecule has 58 valence electrons. The van der Waals surface area contributed by atoms with E-state index in [2.05, 4.69) is 6.58 Å². The first-order chi connectivity index (χ1) is 4.84. The Labute approximate surface area is 63.3 Å². The topological polar surface area (TPSA) is 26.0 Å². The first kappa shape index (κ1) is 7.80. The third-order valence-electron chi connectivity index (χ3n) is 2.44. The van der Waals surface area contributed by atoms with Gasteiger partial charge in [0.2, 0.25) is 0 Å². The monoisotopic (exact) mass is 139 g/mol. The van der Waals surface area contributed by atoms with Crippen molar-refractivity contribution in [2.75, 3.05) is 0 Å². The lowest BCUT2D eigenvalue weighted by atomic mass is 9.83. The molecule has 0 aromatic rings. The van der Waals surface area contributed by atoms with E-state index >= 15 is 0 Å². The second-order valence-electron chi connectivity index (χ2n) is 3.23. The lowest BCUT2D eigenvalue weighted by molar-refractivity contribution is 0.310. The van der Waals surface area contributed by atoms with Crippen LogP contribution in [0.3, 0.4) is 0 Å². The van der Waals surface area contributed by atoms with Crippen molar-refractivity contribution in [2.45, 2.75) is 38.1 Å². The lowest BCUT2D eigenvalue weighted by Crippen LogP contribution is -2.32. The molecule has 0 aromatic heterocycles. The average molecular weight is 139 g/mol. The molecule has 1 saturated carbocycles. The van der Waals surface area contributed by atoms with Crippen LogP contribution in [0.2, 0.25) is 0 Å². The normalized spacial score (nSPS) is 33.7. The zero-order valence-electron chi connectivity index (χ0n) is 6.55. The Morgan fingerprint density at radius 2 is 2.10 bits per heavy atom. The number of allylic oxidation sites excluding steroid dienone is 1. The molecule has 1 rings (SSSR count). The zero-order chi connectivity index (χ0) is 7.40. The van der Waals surface area contributed by atoms with Crippen LogP contribution in [0.1, 0.15) is 32.1 Å². The zero-order valence-corrected chi connectivity index (χ0v) is 6.55. The van der Waals surface area contributed by atoms with Crippen molar-refractivity contribution in [1.82, 2.24) is 0 Å². The third kappa shape index (κ3) is 1.84. The predicted octanol–water partition coefficient (Wildman–Crippen LogP) is 2.08. The van der Waals surface area contributed by atoms with E-state index in [1.807, 2.05) is 6.08 Å². The van der Waals surface area contributed by atoms with E-state index in [0.29, 0.717) is 6.04 Å². The Bertz CT molecular complexity index is 109. The molecule has 1 aliphatic carbocycles. The van der Waals surface area contributed by atoms with Crippen LogP contribution >= 0.6 is 0 Å². The van der Waals surface area contributed by atoms with Gasteiger partial charge in [-0.25, -0.2) is 0 Å². The van der Waals surface area contributed by atoms with Crippen molar-refractivity contribution >= 4 is 0 Å². The minimum absolute atomic E-state index is 0.451. The maximum absolute atomic E-state index is 5.92. The molecular weight excluding hydrogens is 122 g/mol. The van der Waals surface area contributed by atoms with E-state index in [4.69, 9.17) is 5.73 Å². The molecule has 1 fully saturated rings. The second-order valence-corrected chi connectivity index (χ2v) is 3.23. The molecule has 0 unspecified atom stereocenters. The smallest absolute Gasteiger partial charge is 0.00701 e. The number of rotatable bonds is 2. The molecule has 0 aromatic carbocycles. The van der Waals surface area contributed by atoms with Crippen LogP contribution in [0.4, 0.5) is 0 Å². The molecule has 0 saturated heterocycles. The van der Waals surface area contributed by atoms with Crippen molar-refractivity contribution in [3.8, 4) is 0 Å². The van der Waals surface area contributed by atoms with Crippen molar-refractivity contribution in [3.05, 3.63) is 12.7 Å². The summed E-state index contributed by atoms with van der Waals surface area (Å²) in [6.45, 7) is 3.73. The van der Waals surface area contributed by atoms with Crippen LogP contribution in [-0.2, 0) is 0 Å². The lowest BCUT2D eigenvalue weighted by Gasteiger charge is -2.27. The Hall–Kier alpha value is -0.300. The summed E-state index contributed by atoms with van der Waals surface area (Å²) in [5.74, 6) is 0.728. The van der Waals surface area contributed by atoms with Gasteiger partial charge in [0, 0.05) is 6.04 Å². The van der Waals surface area contributed by atoms with Crippen molar-refractivity contribution < 1.29 is 0 Å². The highest BCUT2D eigenvalue weighted by Crippen LogP contribution is 2.25. The van der Waals surface area contributed by atoms with E-state index in [0.717, 1.165) is 12.3 Å². The Balaban J connectivity index is 2.32. The molecule has 1 aliphatic rings. The van der Waals surface area contributed by atoms with Gasteiger partial charge in [-0.15, -0.1) is 6.58 Å². The molecular formula is C9H17N. The minimum Gasteiger partial charge on any atom is -0.327 e. The van der Waals surface area contributed by atoms with Gasteiger partial charge in [-0.3, -0.25) is 0 Å². The number of hydrogen-bond acceptors (Lipinski definition) is 1. The van der Waals surface area contributed by atoms with E-state index in [1.165, 1.54) is 25.7 Å². The van der Waals surface area contributed by atoms with Crippen LogP contribution < -0.4 is 5.73 Å². The summed E-state index contributed by atoms with van der Waals surface area (Å²) < 4.78 is 0. The fourth-order valence-corrected chi connectivity index (χ4v) is 1.74. The Morgan fingerprint density at radius 3 is 2.70 bits per heavy atom. The van der Waals surface area contributed by atoms with Gasteiger partial charge in [-0.1, -0.05) is 18.9 Å². The van der Waals surface area contributed by atoms with Gasteiger partial charge in [0.1, 0.15) is 0 Å². The SMILES string of the molecule is C=CC[C@H]1CCCC[C@H]1N. The van der Waals surface area contributed by atoms with Crippen molar-refractivity contribution in [2.24, 2.45) is 11.7 Å². The average Bonchev–Trinajstić information content (AvgIpc) is 1.94. The van der Waals surface area contributed by atoms with Crippen LogP contribution in [0.25, 0.3) is 0 Å². The molecule has 2 atom stereocenters. The summed E-state index contributed by atoms with van der Waals surface area (Å²) in [4.78, 5) is 0. The standard InChI is InChI=1S/C9H17N/c1-2-5-8-6-3-4-7-9(8)10/h2,8-9H,1,3-7,10H2/t8-,9+/m0/s1. The van der Waals surface area contributed by atoms with Crippen molar-refractivity contribution in [3.63, 3.8) is 0 Å². The third-order valence-corrected chi connectivity index (χ3v) is 2.44. The summed E-state index contributed by atoms with van der Waals surface area (Å²) in [7, 11) is 0. The molecule has 0 aliphatic heterocycles. The van der Waals surface area contributed by atoms with Gasteiger partial charge < -0.3 is 5.73 Å². The molecule has 1 nitrogen and oxygen atoms in total. The minimum atomic E-state index is 0.451. The van der Waals surface area contributed by atoms with E-state index in [1.54, 1.807) is 0 Å². The van der Waals surface area contributed by atoms with E-state index in [-0.39, 0.29) is 0 Å². The highest BCUT2D eigenvalue weighted by molar-refractivity contribution is 4.83. The largest absolute Gasteiger partial charge is 0.327 e.